The van der Waals surface area contributed by atoms with Gasteiger partial charge in [-0.2, -0.15) is 0 Å². The molecule has 0 aliphatic carbocycles. The van der Waals surface area contributed by atoms with Crippen LogP contribution in [0.3, 0.4) is 0 Å². The van der Waals surface area contributed by atoms with Crippen LogP contribution in [-0.2, 0) is 11.0 Å². The Morgan fingerprint density at radius 2 is 1.94 bits per heavy atom. The lowest BCUT2D eigenvalue weighted by Crippen LogP contribution is -2.27. The molecule has 1 atom stereocenters. The fraction of sp³-hybridized carbons (Fsp3) is 0.304. The third-order valence-electron chi connectivity index (χ3n) is 4.94. The number of imidazole rings is 1. The Morgan fingerprint density at radius 1 is 1.18 bits per heavy atom. The Labute approximate surface area is 204 Å². The van der Waals surface area contributed by atoms with E-state index >= 15 is 0 Å². The first-order valence-corrected chi connectivity index (χ1v) is 12.5. The molecular formula is C23H27BrN4O4S. The number of aliphatic hydroxyl groups is 1. The minimum atomic E-state index is -1.59. The molecule has 176 valence electrons. The number of nitrogens with one attached hydrogen (secondary N) is 2. The molecule has 3 N–H and O–H groups in total. The van der Waals surface area contributed by atoms with E-state index in [-0.39, 0.29) is 12.5 Å². The zero-order valence-corrected chi connectivity index (χ0v) is 20.7. The minimum absolute atomic E-state index is 0.177. The molecule has 3 aromatic rings. The average molecular weight is 535 g/mol. The molecule has 1 amide bonds. The summed E-state index contributed by atoms with van der Waals surface area (Å²) in [5.41, 5.74) is 1.64. The van der Waals surface area contributed by atoms with Crippen LogP contribution < -0.4 is 14.4 Å². The number of carbonyl (C=O) groups excluding carboxylic acids is 1. The topological polar surface area (TPSA) is 108 Å². The van der Waals surface area contributed by atoms with Crippen molar-refractivity contribution < 1.29 is 18.8 Å². The van der Waals surface area contributed by atoms with Gasteiger partial charge in [-0.1, -0.05) is 28.8 Å². The summed E-state index contributed by atoms with van der Waals surface area (Å²) >= 11 is 3.44. The van der Waals surface area contributed by atoms with Crippen molar-refractivity contribution >= 4 is 44.2 Å². The molecule has 33 heavy (non-hydrogen) atoms. The first-order chi connectivity index (χ1) is 16.0. The number of benzene rings is 2. The van der Waals surface area contributed by atoms with Crippen LogP contribution in [-0.4, -0.2) is 45.5 Å². The van der Waals surface area contributed by atoms with E-state index in [0.717, 1.165) is 35.8 Å². The molecule has 0 saturated carbocycles. The van der Waals surface area contributed by atoms with E-state index < -0.39 is 11.0 Å². The van der Waals surface area contributed by atoms with Crippen molar-refractivity contribution in [2.45, 2.75) is 30.6 Å². The van der Waals surface area contributed by atoms with Gasteiger partial charge in [0, 0.05) is 29.0 Å². The van der Waals surface area contributed by atoms with Crippen molar-refractivity contribution in [3.8, 4) is 5.75 Å². The Bertz CT molecular complexity index is 1060. The summed E-state index contributed by atoms with van der Waals surface area (Å²) in [6, 6.07) is 12.7. The van der Waals surface area contributed by atoms with Gasteiger partial charge in [0.15, 0.2) is 11.0 Å². The SMILES string of the molecule is COc1ccc(NC(=O)c2cnc[nH]2)cc1S(=O)N(CCCCCCO)c1ccc(Br)cc1. The predicted octanol–water partition coefficient (Wildman–Crippen LogP) is 4.52. The number of unbranched alkanes of at least 4 members (excludes halogenated alkanes) is 3. The summed E-state index contributed by atoms with van der Waals surface area (Å²) in [7, 11) is -0.0615. The fourth-order valence-electron chi connectivity index (χ4n) is 3.22. The van der Waals surface area contributed by atoms with Crippen molar-refractivity contribution in [2.75, 3.05) is 29.9 Å². The van der Waals surface area contributed by atoms with Gasteiger partial charge in [-0.05, 0) is 55.3 Å². The summed E-state index contributed by atoms with van der Waals surface area (Å²) < 4.78 is 22.0. The Kier molecular flexibility index (Phi) is 9.47. The second-order valence-electron chi connectivity index (χ2n) is 7.25. The van der Waals surface area contributed by atoms with Crippen molar-refractivity contribution in [3.63, 3.8) is 0 Å². The molecule has 10 heteroatoms. The molecule has 1 aromatic heterocycles. The zero-order chi connectivity index (χ0) is 23.6. The maximum absolute atomic E-state index is 13.8. The van der Waals surface area contributed by atoms with Gasteiger partial charge in [0.25, 0.3) is 5.91 Å². The highest BCUT2D eigenvalue weighted by Crippen LogP contribution is 2.31. The monoisotopic (exact) mass is 534 g/mol. The number of amides is 1. The smallest absolute Gasteiger partial charge is 0.273 e. The first-order valence-electron chi connectivity index (χ1n) is 10.6. The number of anilines is 2. The van der Waals surface area contributed by atoms with Crippen LogP contribution >= 0.6 is 15.9 Å². The molecule has 8 nitrogen and oxygen atoms in total. The number of hydrogen-bond acceptors (Lipinski definition) is 5. The molecular weight excluding hydrogens is 508 g/mol. The number of methoxy groups -OCH3 is 1. The van der Waals surface area contributed by atoms with Crippen molar-refractivity contribution in [1.29, 1.82) is 0 Å². The number of carbonyl (C=O) groups is 1. The number of aromatic amines is 1. The van der Waals surface area contributed by atoms with Gasteiger partial charge < -0.3 is 20.1 Å². The number of aromatic nitrogens is 2. The highest BCUT2D eigenvalue weighted by molar-refractivity contribution is 9.10. The predicted molar refractivity (Wildman–Crippen MR) is 133 cm³/mol. The Balaban J connectivity index is 1.86. The van der Waals surface area contributed by atoms with Gasteiger partial charge in [0.05, 0.1) is 19.6 Å². The normalized spacial score (nSPS) is 11.7. The average Bonchev–Trinajstić information content (AvgIpc) is 3.37. The van der Waals surface area contributed by atoms with Crippen molar-refractivity contribution in [2.24, 2.45) is 0 Å². The van der Waals surface area contributed by atoms with E-state index in [9.17, 15) is 9.00 Å². The molecule has 0 spiro atoms. The second kappa shape index (κ2) is 12.5. The van der Waals surface area contributed by atoms with Crippen LogP contribution in [0, 0.1) is 0 Å². The molecule has 1 heterocycles. The van der Waals surface area contributed by atoms with E-state index in [0.29, 0.717) is 28.6 Å². The molecule has 0 aliphatic rings. The maximum atomic E-state index is 13.8. The van der Waals surface area contributed by atoms with E-state index in [1.807, 2.05) is 28.6 Å². The van der Waals surface area contributed by atoms with E-state index in [1.54, 1.807) is 18.2 Å². The highest BCUT2D eigenvalue weighted by atomic mass is 79.9. The summed E-state index contributed by atoms with van der Waals surface area (Å²) in [4.78, 5) is 19.5. The van der Waals surface area contributed by atoms with Crippen molar-refractivity contribution in [3.05, 3.63) is 65.2 Å². The van der Waals surface area contributed by atoms with E-state index in [4.69, 9.17) is 9.84 Å². The molecule has 3 rings (SSSR count). The van der Waals surface area contributed by atoms with Crippen LogP contribution in [0.5, 0.6) is 5.75 Å². The lowest BCUT2D eigenvalue weighted by atomic mass is 10.2. The molecule has 1 unspecified atom stereocenters. The van der Waals surface area contributed by atoms with Crippen molar-refractivity contribution in [1.82, 2.24) is 9.97 Å². The number of H-pyrrole nitrogens is 1. The summed E-state index contributed by atoms with van der Waals surface area (Å²) in [6.07, 6.45) is 6.27. The number of aliphatic hydroxyl groups excluding tert-OH is 1. The third-order valence-corrected chi connectivity index (χ3v) is 6.95. The number of nitrogens with zero attached hydrogens (tertiary/aromatic N) is 2. The number of ether oxygens (including phenoxy) is 1. The number of rotatable bonds is 12. The first kappa shape index (κ1) is 24.9. The van der Waals surface area contributed by atoms with Gasteiger partial charge >= 0.3 is 0 Å². The van der Waals surface area contributed by atoms with Crippen LogP contribution in [0.25, 0.3) is 0 Å². The summed E-state index contributed by atoms with van der Waals surface area (Å²) in [6.45, 7) is 0.740. The Morgan fingerprint density at radius 3 is 2.61 bits per heavy atom. The molecule has 0 radical (unpaired) electrons. The van der Waals surface area contributed by atoms with E-state index in [1.165, 1.54) is 19.6 Å². The van der Waals surface area contributed by atoms with Crippen LogP contribution in [0.15, 0.2) is 64.4 Å². The van der Waals surface area contributed by atoms with Gasteiger partial charge in [0.1, 0.15) is 16.3 Å². The fourth-order valence-corrected chi connectivity index (χ4v) is 4.89. The Hall–Kier alpha value is -2.69. The van der Waals surface area contributed by atoms with Crippen LogP contribution in [0.1, 0.15) is 36.2 Å². The third kappa shape index (κ3) is 6.89. The van der Waals surface area contributed by atoms with Gasteiger partial charge in [-0.25, -0.2) is 9.19 Å². The molecule has 0 fully saturated rings. The molecule has 0 saturated heterocycles. The number of halogens is 1. The van der Waals surface area contributed by atoms with Gasteiger partial charge in [-0.3, -0.25) is 9.10 Å². The minimum Gasteiger partial charge on any atom is -0.495 e. The zero-order valence-electron chi connectivity index (χ0n) is 18.3. The molecule has 0 aliphatic heterocycles. The van der Waals surface area contributed by atoms with Gasteiger partial charge in [0.2, 0.25) is 0 Å². The van der Waals surface area contributed by atoms with E-state index in [2.05, 4.69) is 31.2 Å². The lowest BCUT2D eigenvalue weighted by molar-refractivity contribution is 0.102. The second-order valence-corrected chi connectivity index (χ2v) is 9.55. The quantitative estimate of drug-likeness (QED) is 0.296. The highest BCUT2D eigenvalue weighted by Gasteiger charge is 2.21. The maximum Gasteiger partial charge on any atom is 0.273 e. The molecule has 0 bridgehead atoms. The summed E-state index contributed by atoms with van der Waals surface area (Å²) in [5, 5.41) is 11.8. The van der Waals surface area contributed by atoms with Crippen LogP contribution in [0.4, 0.5) is 11.4 Å². The summed E-state index contributed by atoms with van der Waals surface area (Å²) in [5.74, 6) is 0.123. The largest absolute Gasteiger partial charge is 0.495 e. The number of hydrogen-bond donors (Lipinski definition) is 3. The standard InChI is InChI=1S/C23H27BrN4O4S/c1-32-21-11-8-18(27-23(30)20-15-25-16-26-20)14-22(21)33(31)28(12-4-2-3-5-13-29)19-9-6-17(24)7-10-19/h6-11,14-16,29H,2-5,12-13H2,1H3,(H,25,26)(H,27,30). The van der Waals surface area contributed by atoms with Gasteiger partial charge in [-0.15, -0.1) is 0 Å². The lowest BCUT2D eigenvalue weighted by Gasteiger charge is -2.25. The van der Waals surface area contributed by atoms with Crippen LogP contribution in [0.2, 0.25) is 0 Å². The molecule has 2 aromatic carbocycles.